The summed E-state index contributed by atoms with van der Waals surface area (Å²) in [5.41, 5.74) is 6.20. The predicted octanol–water partition coefficient (Wildman–Crippen LogP) is 2.98. The number of ether oxygens (including phenoxy) is 1. The van der Waals surface area contributed by atoms with E-state index in [2.05, 4.69) is 10.3 Å². The van der Waals surface area contributed by atoms with Gasteiger partial charge in [-0.05, 0) is 25.5 Å². The Labute approximate surface area is 150 Å². The molecule has 0 radical (unpaired) electrons. The topological polar surface area (TPSA) is 76.7 Å². The molecule has 0 saturated carbocycles. The van der Waals surface area contributed by atoms with Crippen LogP contribution in [-0.2, 0) is 15.7 Å². The average molecular weight is 369 g/mol. The maximum atomic E-state index is 13.2. The number of nitrogens with two attached hydrogens (primary N) is 1. The van der Waals surface area contributed by atoms with Gasteiger partial charge in [-0.3, -0.25) is 4.99 Å². The van der Waals surface area contributed by atoms with Crippen LogP contribution in [0.3, 0.4) is 0 Å². The number of nitrogens with one attached hydrogen (secondary N) is 1. The van der Waals surface area contributed by atoms with Crippen LogP contribution >= 0.6 is 0 Å². The van der Waals surface area contributed by atoms with Crippen LogP contribution in [0.2, 0.25) is 0 Å². The molecule has 0 bridgehead atoms. The van der Waals surface area contributed by atoms with Gasteiger partial charge in [0.2, 0.25) is 0 Å². The molecule has 0 spiro atoms. The summed E-state index contributed by atoms with van der Waals surface area (Å²) in [7, 11) is 0. The SMILES string of the molecule is CCOC(=O)C(N)=C1CNCCC1=NC(C)c1ccccc1C(F)(F)F. The van der Waals surface area contributed by atoms with Crippen LogP contribution in [0, 0.1) is 0 Å². The predicted molar refractivity (Wildman–Crippen MR) is 92.6 cm³/mol. The zero-order chi connectivity index (χ0) is 19.3. The molecule has 0 amide bonds. The van der Waals surface area contributed by atoms with Crippen LogP contribution in [0.4, 0.5) is 13.2 Å². The lowest BCUT2D eigenvalue weighted by atomic mass is 9.98. The number of benzene rings is 1. The van der Waals surface area contributed by atoms with Gasteiger partial charge in [0, 0.05) is 30.8 Å². The number of nitrogens with zero attached hydrogens (tertiary/aromatic N) is 1. The molecule has 0 aromatic heterocycles. The Balaban J connectivity index is 2.40. The highest BCUT2D eigenvalue weighted by molar-refractivity contribution is 6.07. The minimum atomic E-state index is -4.46. The molecule has 1 saturated heterocycles. The van der Waals surface area contributed by atoms with E-state index < -0.39 is 23.8 Å². The molecule has 2 rings (SSSR count). The molecule has 1 fully saturated rings. The number of hydrogen-bond acceptors (Lipinski definition) is 5. The van der Waals surface area contributed by atoms with E-state index in [1.807, 2.05) is 0 Å². The fourth-order valence-corrected chi connectivity index (χ4v) is 2.82. The summed E-state index contributed by atoms with van der Waals surface area (Å²) in [5, 5.41) is 3.08. The number of alkyl halides is 3. The highest BCUT2D eigenvalue weighted by Crippen LogP contribution is 2.35. The highest BCUT2D eigenvalue weighted by atomic mass is 19.4. The minimum absolute atomic E-state index is 0.0610. The highest BCUT2D eigenvalue weighted by Gasteiger charge is 2.34. The van der Waals surface area contributed by atoms with E-state index in [4.69, 9.17) is 10.5 Å². The van der Waals surface area contributed by atoms with Crippen molar-refractivity contribution in [3.8, 4) is 0 Å². The van der Waals surface area contributed by atoms with Crippen molar-refractivity contribution >= 4 is 11.7 Å². The Morgan fingerprint density at radius 3 is 2.73 bits per heavy atom. The van der Waals surface area contributed by atoms with Crippen LogP contribution < -0.4 is 11.1 Å². The molecule has 1 heterocycles. The number of halogens is 3. The molecular weight excluding hydrogens is 347 g/mol. The van der Waals surface area contributed by atoms with Crippen molar-refractivity contribution in [2.24, 2.45) is 10.7 Å². The Kier molecular flexibility index (Phi) is 6.42. The third kappa shape index (κ3) is 4.63. The van der Waals surface area contributed by atoms with E-state index in [1.54, 1.807) is 19.9 Å². The van der Waals surface area contributed by atoms with Crippen LogP contribution in [0.5, 0.6) is 0 Å². The van der Waals surface area contributed by atoms with Crippen molar-refractivity contribution in [3.05, 3.63) is 46.7 Å². The summed E-state index contributed by atoms with van der Waals surface area (Å²) >= 11 is 0. The summed E-state index contributed by atoms with van der Waals surface area (Å²) in [6.07, 6.45) is -3.99. The Bertz CT molecular complexity index is 727. The van der Waals surface area contributed by atoms with Gasteiger partial charge in [0.25, 0.3) is 0 Å². The van der Waals surface area contributed by atoms with Crippen LogP contribution in [0.1, 0.15) is 37.4 Å². The first-order valence-corrected chi connectivity index (χ1v) is 8.35. The Hall–Kier alpha value is -2.35. The quantitative estimate of drug-likeness (QED) is 0.632. The second-order valence-corrected chi connectivity index (χ2v) is 5.88. The number of carbonyl (C=O) groups excluding carboxylic acids is 1. The number of esters is 1. The van der Waals surface area contributed by atoms with Crippen molar-refractivity contribution in [2.75, 3.05) is 19.7 Å². The van der Waals surface area contributed by atoms with Gasteiger partial charge in [-0.1, -0.05) is 18.2 Å². The van der Waals surface area contributed by atoms with E-state index in [0.29, 0.717) is 30.8 Å². The maximum Gasteiger partial charge on any atom is 0.416 e. The number of hydrogen-bond donors (Lipinski definition) is 2. The van der Waals surface area contributed by atoms with Crippen molar-refractivity contribution in [1.29, 1.82) is 0 Å². The summed E-state index contributed by atoms with van der Waals surface area (Å²) in [6, 6.07) is 4.62. The molecule has 5 nitrogen and oxygen atoms in total. The smallest absolute Gasteiger partial charge is 0.416 e. The fourth-order valence-electron chi connectivity index (χ4n) is 2.82. The van der Waals surface area contributed by atoms with E-state index in [0.717, 1.165) is 6.07 Å². The third-order valence-corrected chi connectivity index (χ3v) is 4.07. The summed E-state index contributed by atoms with van der Waals surface area (Å²) in [5.74, 6) is -0.651. The zero-order valence-electron chi connectivity index (χ0n) is 14.7. The van der Waals surface area contributed by atoms with Crippen molar-refractivity contribution in [2.45, 2.75) is 32.5 Å². The largest absolute Gasteiger partial charge is 0.461 e. The molecule has 1 aromatic carbocycles. The maximum absolute atomic E-state index is 13.2. The molecule has 1 unspecified atom stereocenters. The monoisotopic (exact) mass is 369 g/mol. The lowest BCUT2D eigenvalue weighted by molar-refractivity contribution is -0.139. The standard InChI is InChI=1S/C18H22F3N3O2/c1-3-26-17(25)16(22)13-10-23-9-8-15(13)24-11(2)12-6-4-5-7-14(12)18(19,20)21/h4-7,11,23H,3,8-10,22H2,1-2H3. The Morgan fingerprint density at radius 2 is 2.08 bits per heavy atom. The first kappa shape index (κ1) is 20.0. The van der Waals surface area contributed by atoms with E-state index in [9.17, 15) is 18.0 Å². The lowest BCUT2D eigenvalue weighted by Gasteiger charge is -2.22. The summed E-state index contributed by atoms with van der Waals surface area (Å²) in [6.45, 7) is 4.36. The Morgan fingerprint density at radius 1 is 1.38 bits per heavy atom. The second-order valence-electron chi connectivity index (χ2n) is 5.88. The average Bonchev–Trinajstić information content (AvgIpc) is 2.61. The first-order chi connectivity index (χ1) is 12.3. The summed E-state index contributed by atoms with van der Waals surface area (Å²) < 4.78 is 44.6. The number of rotatable bonds is 4. The summed E-state index contributed by atoms with van der Waals surface area (Å²) in [4.78, 5) is 16.3. The molecule has 1 aliphatic heterocycles. The van der Waals surface area contributed by atoms with E-state index in [-0.39, 0.29) is 17.9 Å². The van der Waals surface area contributed by atoms with Crippen LogP contribution in [0.25, 0.3) is 0 Å². The van der Waals surface area contributed by atoms with Gasteiger partial charge < -0.3 is 15.8 Å². The van der Waals surface area contributed by atoms with Crippen LogP contribution in [-0.4, -0.2) is 31.4 Å². The van der Waals surface area contributed by atoms with Crippen molar-refractivity contribution in [1.82, 2.24) is 5.32 Å². The lowest BCUT2D eigenvalue weighted by Crippen LogP contribution is -2.35. The molecular formula is C18H22F3N3O2. The van der Waals surface area contributed by atoms with Gasteiger partial charge in [-0.25, -0.2) is 4.79 Å². The van der Waals surface area contributed by atoms with Crippen LogP contribution in [0.15, 0.2) is 40.5 Å². The minimum Gasteiger partial charge on any atom is -0.461 e. The fraction of sp³-hybridized carbons (Fsp3) is 0.444. The molecule has 1 aliphatic rings. The number of piperidine rings is 1. The van der Waals surface area contributed by atoms with Gasteiger partial charge in [0.1, 0.15) is 5.70 Å². The normalized spacial score (nSPS) is 20.0. The van der Waals surface area contributed by atoms with Crippen molar-refractivity contribution < 1.29 is 22.7 Å². The van der Waals surface area contributed by atoms with Gasteiger partial charge in [0.05, 0.1) is 18.2 Å². The second kappa shape index (κ2) is 8.35. The molecule has 26 heavy (non-hydrogen) atoms. The van der Waals surface area contributed by atoms with E-state index >= 15 is 0 Å². The molecule has 3 N–H and O–H groups in total. The number of aliphatic imine (C=N–C) groups is 1. The molecule has 142 valence electrons. The van der Waals surface area contributed by atoms with E-state index in [1.165, 1.54) is 12.1 Å². The molecule has 1 atom stereocenters. The third-order valence-electron chi connectivity index (χ3n) is 4.07. The van der Waals surface area contributed by atoms with Gasteiger partial charge >= 0.3 is 12.1 Å². The van der Waals surface area contributed by atoms with Gasteiger partial charge in [-0.15, -0.1) is 0 Å². The van der Waals surface area contributed by atoms with Crippen molar-refractivity contribution in [3.63, 3.8) is 0 Å². The zero-order valence-corrected chi connectivity index (χ0v) is 14.7. The number of carbonyl (C=O) groups is 1. The molecule has 0 aliphatic carbocycles. The van der Waals surface area contributed by atoms with Gasteiger partial charge in [0.15, 0.2) is 0 Å². The molecule has 1 aromatic rings. The first-order valence-electron chi connectivity index (χ1n) is 8.35. The molecule has 8 heteroatoms. The van der Waals surface area contributed by atoms with Gasteiger partial charge in [-0.2, -0.15) is 13.2 Å².